The third-order valence-electron chi connectivity index (χ3n) is 1.44. The summed E-state index contributed by atoms with van der Waals surface area (Å²) < 4.78 is 0. The molecule has 0 bridgehead atoms. The molecule has 1 heterocycles. The van der Waals surface area contributed by atoms with Gasteiger partial charge in [-0.05, 0) is 21.0 Å². The van der Waals surface area contributed by atoms with Crippen LogP contribution in [0.25, 0.3) is 0 Å². The second-order valence-electron chi connectivity index (χ2n) is 2.94. The number of aryl methyl sites for hydroxylation is 1. The van der Waals surface area contributed by atoms with Gasteiger partial charge >= 0.3 is 0 Å². The molecule has 0 aliphatic carbocycles. The number of aromatic nitrogens is 1. The quantitative estimate of drug-likeness (QED) is 0.684. The van der Waals surface area contributed by atoms with Crippen molar-refractivity contribution in [2.45, 2.75) is 13.3 Å². The molecule has 1 rings (SSSR count). The number of thiazole rings is 1. The fourth-order valence-corrected chi connectivity index (χ4v) is 1.60. The molecule has 0 radical (unpaired) electrons. The van der Waals surface area contributed by atoms with Crippen LogP contribution < -0.4 is 0 Å². The van der Waals surface area contributed by atoms with Crippen molar-refractivity contribution in [2.75, 3.05) is 20.6 Å². The van der Waals surface area contributed by atoms with E-state index < -0.39 is 0 Å². The molecule has 0 atom stereocenters. The highest BCUT2D eigenvalue weighted by molar-refractivity contribution is 7.09. The van der Waals surface area contributed by atoms with Crippen LogP contribution >= 0.6 is 11.3 Å². The molecule has 0 saturated carbocycles. The Morgan fingerprint density at radius 3 is 2.73 bits per heavy atom. The first-order valence-electron chi connectivity index (χ1n) is 3.74. The van der Waals surface area contributed by atoms with Crippen LogP contribution in [0.3, 0.4) is 0 Å². The SMILES string of the molecule is Cc1csc(CCN(C)C)n1. The number of likely N-dealkylation sites (N-methyl/N-ethyl adjacent to an activating group) is 1. The molecule has 1 aromatic heterocycles. The maximum Gasteiger partial charge on any atom is 0.0940 e. The minimum atomic E-state index is 1.07. The first-order valence-corrected chi connectivity index (χ1v) is 4.62. The number of nitrogens with zero attached hydrogens (tertiary/aromatic N) is 2. The van der Waals surface area contributed by atoms with Crippen LogP contribution in [0.5, 0.6) is 0 Å². The Balaban J connectivity index is 2.39. The van der Waals surface area contributed by atoms with E-state index in [1.807, 2.05) is 6.92 Å². The Morgan fingerprint density at radius 1 is 1.55 bits per heavy atom. The van der Waals surface area contributed by atoms with Gasteiger partial charge in [0, 0.05) is 24.0 Å². The molecule has 0 aromatic carbocycles. The topological polar surface area (TPSA) is 16.1 Å². The van der Waals surface area contributed by atoms with E-state index in [0.717, 1.165) is 18.7 Å². The molecule has 2 nitrogen and oxygen atoms in total. The highest BCUT2D eigenvalue weighted by Crippen LogP contribution is 2.08. The molecule has 0 spiro atoms. The van der Waals surface area contributed by atoms with Crippen molar-refractivity contribution in [3.8, 4) is 0 Å². The predicted octanol–water partition coefficient (Wildman–Crippen LogP) is 1.56. The van der Waals surface area contributed by atoms with Crippen LogP contribution in [0.1, 0.15) is 10.7 Å². The van der Waals surface area contributed by atoms with Crippen LogP contribution in [0.2, 0.25) is 0 Å². The van der Waals surface area contributed by atoms with Crippen LogP contribution in [-0.2, 0) is 6.42 Å². The van der Waals surface area contributed by atoms with Crippen molar-refractivity contribution in [2.24, 2.45) is 0 Å². The largest absolute Gasteiger partial charge is 0.309 e. The van der Waals surface area contributed by atoms with E-state index in [2.05, 4.69) is 29.4 Å². The molecule has 0 aliphatic rings. The Kier molecular flexibility index (Phi) is 3.02. The lowest BCUT2D eigenvalue weighted by atomic mass is 10.4. The van der Waals surface area contributed by atoms with Crippen LogP contribution in [0, 0.1) is 6.92 Å². The first kappa shape index (κ1) is 8.68. The fourth-order valence-electron chi connectivity index (χ4n) is 0.837. The molecule has 0 unspecified atom stereocenters. The second kappa shape index (κ2) is 3.83. The van der Waals surface area contributed by atoms with Crippen molar-refractivity contribution < 1.29 is 0 Å². The zero-order valence-electron chi connectivity index (χ0n) is 7.29. The van der Waals surface area contributed by atoms with Gasteiger partial charge in [0.05, 0.1) is 5.01 Å². The van der Waals surface area contributed by atoms with E-state index in [1.54, 1.807) is 11.3 Å². The molecule has 0 amide bonds. The molecular weight excluding hydrogens is 156 g/mol. The number of hydrogen-bond acceptors (Lipinski definition) is 3. The molecule has 0 aliphatic heterocycles. The molecule has 0 N–H and O–H groups in total. The standard InChI is InChI=1S/C8H14N2S/c1-7-6-11-8(9-7)4-5-10(2)3/h6H,4-5H2,1-3H3. The molecule has 62 valence electrons. The predicted molar refractivity (Wildman–Crippen MR) is 49.1 cm³/mol. The Hall–Kier alpha value is -0.410. The number of rotatable bonds is 3. The summed E-state index contributed by atoms with van der Waals surface area (Å²) in [5.74, 6) is 0. The van der Waals surface area contributed by atoms with Gasteiger partial charge in [0.25, 0.3) is 0 Å². The normalized spacial score (nSPS) is 10.9. The van der Waals surface area contributed by atoms with Gasteiger partial charge in [0.15, 0.2) is 0 Å². The minimum Gasteiger partial charge on any atom is -0.309 e. The average molecular weight is 170 g/mol. The van der Waals surface area contributed by atoms with E-state index in [4.69, 9.17) is 0 Å². The number of hydrogen-bond donors (Lipinski definition) is 0. The van der Waals surface area contributed by atoms with Crippen molar-refractivity contribution >= 4 is 11.3 Å². The summed E-state index contributed by atoms with van der Waals surface area (Å²) in [5, 5.41) is 3.35. The summed E-state index contributed by atoms with van der Waals surface area (Å²) >= 11 is 1.75. The first-order chi connectivity index (χ1) is 5.18. The lowest BCUT2D eigenvalue weighted by molar-refractivity contribution is 0.413. The van der Waals surface area contributed by atoms with E-state index in [9.17, 15) is 0 Å². The molecule has 1 aromatic rings. The summed E-state index contributed by atoms with van der Waals surface area (Å²) in [4.78, 5) is 6.55. The summed E-state index contributed by atoms with van der Waals surface area (Å²) in [6.45, 7) is 3.13. The van der Waals surface area contributed by atoms with Crippen LogP contribution in [0.15, 0.2) is 5.38 Å². The van der Waals surface area contributed by atoms with E-state index in [-0.39, 0.29) is 0 Å². The van der Waals surface area contributed by atoms with Gasteiger partial charge in [0.2, 0.25) is 0 Å². The lowest BCUT2D eigenvalue weighted by Crippen LogP contribution is -2.14. The van der Waals surface area contributed by atoms with Gasteiger partial charge in [-0.15, -0.1) is 11.3 Å². The van der Waals surface area contributed by atoms with Gasteiger partial charge in [0.1, 0.15) is 0 Å². The maximum atomic E-state index is 4.37. The maximum absolute atomic E-state index is 4.37. The third-order valence-corrected chi connectivity index (χ3v) is 2.47. The Bertz CT molecular complexity index is 218. The molecule has 11 heavy (non-hydrogen) atoms. The summed E-state index contributed by atoms with van der Waals surface area (Å²) in [6, 6.07) is 0. The lowest BCUT2D eigenvalue weighted by Gasteiger charge is -2.06. The van der Waals surface area contributed by atoms with E-state index >= 15 is 0 Å². The van der Waals surface area contributed by atoms with Gasteiger partial charge in [-0.1, -0.05) is 0 Å². The van der Waals surface area contributed by atoms with Crippen molar-refractivity contribution in [3.05, 3.63) is 16.1 Å². The van der Waals surface area contributed by atoms with Crippen LogP contribution in [0.4, 0.5) is 0 Å². The van der Waals surface area contributed by atoms with E-state index in [1.165, 1.54) is 5.01 Å². The highest BCUT2D eigenvalue weighted by atomic mass is 32.1. The Morgan fingerprint density at radius 2 is 2.27 bits per heavy atom. The zero-order chi connectivity index (χ0) is 8.27. The van der Waals surface area contributed by atoms with Crippen molar-refractivity contribution in [1.82, 2.24) is 9.88 Å². The highest BCUT2D eigenvalue weighted by Gasteiger charge is 1.98. The molecule has 0 fully saturated rings. The summed E-state index contributed by atoms with van der Waals surface area (Å²) in [5.41, 5.74) is 1.14. The van der Waals surface area contributed by atoms with Crippen molar-refractivity contribution in [3.63, 3.8) is 0 Å². The van der Waals surface area contributed by atoms with Gasteiger partial charge < -0.3 is 4.90 Å². The van der Waals surface area contributed by atoms with Gasteiger partial charge in [-0.2, -0.15) is 0 Å². The summed E-state index contributed by atoms with van der Waals surface area (Å²) in [6.07, 6.45) is 1.07. The fraction of sp³-hybridized carbons (Fsp3) is 0.625. The zero-order valence-corrected chi connectivity index (χ0v) is 8.11. The third kappa shape index (κ3) is 2.99. The Labute approximate surface area is 71.9 Å². The average Bonchev–Trinajstić information content (AvgIpc) is 2.31. The van der Waals surface area contributed by atoms with Crippen molar-refractivity contribution in [1.29, 1.82) is 0 Å². The monoisotopic (exact) mass is 170 g/mol. The minimum absolute atomic E-state index is 1.07. The molecular formula is C8H14N2S. The molecule has 0 saturated heterocycles. The second-order valence-corrected chi connectivity index (χ2v) is 3.88. The smallest absolute Gasteiger partial charge is 0.0940 e. The summed E-state index contributed by atoms with van der Waals surface area (Å²) in [7, 11) is 4.17. The van der Waals surface area contributed by atoms with Gasteiger partial charge in [-0.25, -0.2) is 4.98 Å². The van der Waals surface area contributed by atoms with Crippen LogP contribution in [-0.4, -0.2) is 30.5 Å². The van der Waals surface area contributed by atoms with Gasteiger partial charge in [-0.3, -0.25) is 0 Å². The molecule has 3 heteroatoms. The van der Waals surface area contributed by atoms with E-state index in [0.29, 0.717) is 0 Å².